The molecule has 0 aromatic carbocycles. The molecule has 0 saturated carbocycles. The van der Waals surface area contributed by atoms with E-state index in [1.54, 1.807) is 0 Å². The molecule has 0 amide bonds. The highest BCUT2D eigenvalue weighted by molar-refractivity contribution is 5.73. The first-order chi connectivity index (χ1) is 16.3. The van der Waals surface area contributed by atoms with Crippen LogP contribution in [0.1, 0.15) is 97.3 Å². The van der Waals surface area contributed by atoms with Crippen LogP contribution in [0.3, 0.4) is 0 Å². The number of esters is 1. The lowest BCUT2D eigenvalue weighted by molar-refractivity contribution is -0.160. The van der Waals surface area contributed by atoms with Crippen molar-refractivity contribution < 1.29 is 24.5 Å². The second-order valence-corrected chi connectivity index (χ2v) is 9.72. The molecule has 0 saturated heterocycles. The van der Waals surface area contributed by atoms with Crippen LogP contribution in [0.5, 0.6) is 0 Å². The Hall–Kier alpha value is -1.66. The number of carboxylic acid groups (broad SMARTS) is 1. The molecular weight excluding hydrogens is 430 g/mol. The van der Waals surface area contributed by atoms with Gasteiger partial charge < -0.3 is 19.8 Å². The van der Waals surface area contributed by atoms with E-state index >= 15 is 0 Å². The molecule has 34 heavy (non-hydrogen) atoms. The minimum absolute atomic E-state index is 0.0758. The van der Waals surface area contributed by atoms with Crippen molar-refractivity contribution in [3.05, 3.63) is 24.3 Å². The highest BCUT2D eigenvalue weighted by Gasteiger charge is 2.32. The first kappa shape index (κ1) is 32.3. The van der Waals surface area contributed by atoms with Crippen LogP contribution in [-0.2, 0) is 14.3 Å². The molecule has 3 atom stereocenters. The number of carbonyl (C=O) groups is 2. The molecule has 2 N–H and O–H groups in total. The number of nitrogens with zero attached hydrogens (tertiary/aromatic N) is 1. The zero-order valence-corrected chi connectivity index (χ0v) is 22.2. The molecule has 0 spiro atoms. The number of ether oxygens (including phenoxy) is 1. The molecule has 0 radical (unpaired) electrons. The fourth-order valence-electron chi connectivity index (χ4n) is 3.83. The number of hydrogen-bond donors (Lipinski definition) is 2. The van der Waals surface area contributed by atoms with Crippen LogP contribution in [0.25, 0.3) is 0 Å². The second kappa shape index (κ2) is 21.8. The predicted octanol–water partition coefficient (Wildman–Crippen LogP) is 5.99. The maximum atomic E-state index is 12.4. The Kier molecular flexibility index (Phi) is 20.8. The van der Waals surface area contributed by atoms with Crippen molar-refractivity contribution in [2.45, 2.75) is 103 Å². The van der Waals surface area contributed by atoms with Gasteiger partial charge in [-0.15, -0.1) is 0 Å². The van der Waals surface area contributed by atoms with Crippen LogP contribution in [-0.4, -0.2) is 60.4 Å². The second-order valence-electron chi connectivity index (χ2n) is 9.72. The summed E-state index contributed by atoms with van der Waals surface area (Å²) in [5, 5.41) is 19.1. The van der Waals surface area contributed by atoms with E-state index < -0.39 is 18.0 Å². The normalized spacial score (nSPS) is 14.6. The van der Waals surface area contributed by atoms with Crippen molar-refractivity contribution in [2.75, 3.05) is 27.2 Å². The van der Waals surface area contributed by atoms with E-state index in [-0.39, 0.29) is 24.9 Å². The smallest absolute Gasteiger partial charge is 0.310 e. The number of allylic oxidation sites excluding steroid dienone is 4. The van der Waals surface area contributed by atoms with Gasteiger partial charge in [-0.25, -0.2) is 0 Å². The summed E-state index contributed by atoms with van der Waals surface area (Å²) >= 11 is 0. The molecule has 0 aromatic heterocycles. The number of hydrogen-bond acceptors (Lipinski definition) is 5. The lowest BCUT2D eigenvalue weighted by Crippen LogP contribution is -2.34. The summed E-state index contributed by atoms with van der Waals surface area (Å²) in [6.45, 7) is 4.74. The summed E-state index contributed by atoms with van der Waals surface area (Å²) < 4.78 is 5.67. The summed E-state index contributed by atoms with van der Waals surface area (Å²) in [6.07, 6.45) is 19.8. The van der Waals surface area contributed by atoms with E-state index in [1.807, 2.05) is 25.9 Å². The van der Waals surface area contributed by atoms with Gasteiger partial charge in [-0.2, -0.15) is 0 Å². The Morgan fingerprint density at radius 2 is 1.59 bits per heavy atom. The summed E-state index contributed by atoms with van der Waals surface area (Å²) in [4.78, 5) is 26.3. The molecular formula is C28H51NO5. The molecule has 6 heteroatoms. The molecule has 0 aromatic rings. The molecule has 3 unspecified atom stereocenters. The maximum Gasteiger partial charge on any atom is 0.310 e. The lowest BCUT2D eigenvalue weighted by Gasteiger charge is -2.26. The van der Waals surface area contributed by atoms with Gasteiger partial charge in [0.25, 0.3) is 0 Å². The van der Waals surface area contributed by atoms with E-state index in [4.69, 9.17) is 4.74 Å². The number of unbranched alkanes of at least 4 members (excludes halogenated alkanes) is 6. The van der Waals surface area contributed by atoms with Crippen LogP contribution in [0, 0.1) is 11.8 Å². The zero-order valence-electron chi connectivity index (χ0n) is 22.2. The van der Waals surface area contributed by atoms with Crippen LogP contribution < -0.4 is 0 Å². The van der Waals surface area contributed by atoms with Gasteiger partial charge in [0.2, 0.25) is 0 Å². The van der Waals surface area contributed by atoms with Gasteiger partial charge in [-0.3, -0.25) is 9.59 Å². The SMILES string of the molecule is CCCCC/C=C\C/C=C\CCCCCC(OC(=O)CCCN(C)C)C(CC(C)CO)C(=O)O. The number of carboxylic acids is 1. The van der Waals surface area contributed by atoms with Crippen LogP contribution in [0.4, 0.5) is 0 Å². The van der Waals surface area contributed by atoms with Gasteiger partial charge in [-0.1, -0.05) is 57.4 Å². The molecule has 0 aliphatic carbocycles. The first-order valence-corrected chi connectivity index (χ1v) is 13.3. The fourth-order valence-corrected chi connectivity index (χ4v) is 3.83. The van der Waals surface area contributed by atoms with E-state index in [9.17, 15) is 19.8 Å². The van der Waals surface area contributed by atoms with Crippen molar-refractivity contribution in [1.82, 2.24) is 4.90 Å². The third-order valence-electron chi connectivity index (χ3n) is 5.94. The molecule has 0 aliphatic rings. The Bertz CT molecular complexity index is 573. The summed E-state index contributed by atoms with van der Waals surface area (Å²) in [5.74, 6) is -2.23. The number of carbonyl (C=O) groups excluding carboxylic acids is 1. The van der Waals surface area contributed by atoms with E-state index in [0.29, 0.717) is 19.3 Å². The standard InChI is InChI=1S/C28H51NO5/c1-5-6-7-8-9-10-11-12-13-14-15-16-17-19-26(25(28(32)33)22-24(2)23-30)34-27(31)20-18-21-29(3)4/h9-10,12-13,24-26,30H,5-8,11,14-23H2,1-4H3,(H,32,33)/b10-9-,13-12-. The third-order valence-corrected chi connectivity index (χ3v) is 5.94. The number of aliphatic hydroxyl groups is 1. The summed E-state index contributed by atoms with van der Waals surface area (Å²) in [7, 11) is 3.90. The Morgan fingerprint density at radius 1 is 0.941 bits per heavy atom. The van der Waals surface area contributed by atoms with Crippen molar-refractivity contribution in [1.29, 1.82) is 0 Å². The van der Waals surface area contributed by atoms with Gasteiger partial charge in [-0.05, 0) is 84.3 Å². The number of rotatable bonds is 22. The first-order valence-electron chi connectivity index (χ1n) is 13.3. The Balaban J connectivity index is 4.51. The van der Waals surface area contributed by atoms with E-state index in [0.717, 1.165) is 45.1 Å². The monoisotopic (exact) mass is 481 g/mol. The van der Waals surface area contributed by atoms with Crippen LogP contribution in [0.15, 0.2) is 24.3 Å². The topological polar surface area (TPSA) is 87.1 Å². The Labute approximate surface area is 208 Å². The minimum atomic E-state index is -0.961. The molecule has 198 valence electrons. The molecule has 0 bridgehead atoms. The number of aliphatic carboxylic acids is 1. The molecule has 0 heterocycles. The van der Waals surface area contributed by atoms with Crippen LogP contribution >= 0.6 is 0 Å². The third kappa shape index (κ3) is 18.7. The minimum Gasteiger partial charge on any atom is -0.481 e. The maximum absolute atomic E-state index is 12.4. The van der Waals surface area contributed by atoms with Gasteiger partial charge >= 0.3 is 11.9 Å². The van der Waals surface area contributed by atoms with Gasteiger partial charge in [0.15, 0.2) is 0 Å². The summed E-state index contributed by atoms with van der Waals surface area (Å²) in [5.41, 5.74) is 0. The van der Waals surface area contributed by atoms with Crippen molar-refractivity contribution in [3.63, 3.8) is 0 Å². The lowest BCUT2D eigenvalue weighted by atomic mass is 9.88. The highest BCUT2D eigenvalue weighted by atomic mass is 16.5. The summed E-state index contributed by atoms with van der Waals surface area (Å²) in [6, 6.07) is 0. The van der Waals surface area contributed by atoms with Crippen molar-refractivity contribution in [3.8, 4) is 0 Å². The molecule has 0 aliphatic heterocycles. The Morgan fingerprint density at radius 3 is 2.15 bits per heavy atom. The average Bonchev–Trinajstić information content (AvgIpc) is 2.79. The molecule has 0 rings (SSSR count). The fraction of sp³-hybridized carbons (Fsp3) is 0.786. The van der Waals surface area contributed by atoms with Gasteiger partial charge in [0, 0.05) is 13.0 Å². The van der Waals surface area contributed by atoms with Crippen molar-refractivity contribution in [2.24, 2.45) is 11.8 Å². The van der Waals surface area contributed by atoms with E-state index in [1.165, 1.54) is 19.3 Å². The number of aliphatic hydroxyl groups excluding tert-OH is 1. The predicted molar refractivity (Wildman–Crippen MR) is 140 cm³/mol. The van der Waals surface area contributed by atoms with Gasteiger partial charge in [0.1, 0.15) is 6.10 Å². The van der Waals surface area contributed by atoms with Gasteiger partial charge in [0.05, 0.1) is 5.92 Å². The largest absolute Gasteiger partial charge is 0.481 e. The molecule has 0 fully saturated rings. The molecule has 6 nitrogen and oxygen atoms in total. The van der Waals surface area contributed by atoms with E-state index in [2.05, 4.69) is 31.2 Å². The quantitative estimate of drug-likeness (QED) is 0.112. The zero-order chi connectivity index (χ0) is 25.6. The van der Waals surface area contributed by atoms with Crippen LogP contribution in [0.2, 0.25) is 0 Å². The highest BCUT2D eigenvalue weighted by Crippen LogP contribution is 2.24. The average molecular weight is 482 g/mol. The van der Waals surface area contributed by atoms with Crippen molar-refractivity contribution >= 4 is 11.9 Å².